The topological polar surface area (TPSA) is 54.9 Å². The molecule has 3 aromatic rings. The molecule has 120 valence electrons. The van der Waals surface area contributed by atoms with Crippen molar-refractivity contribution in [3.8, 4) is 0 Å². The first-order valence-electron chi connectivity index (χ1n) is 7.28. The van der Waals surface area contributed by atoms with Crippen LogP contribution in [0, 0.1) is 0 Å². The van der Waals surface area contributed by atoms with Gasteiger partial charge >= 0.3 is 0 Å². The highest BCUT2D eigenvalue weighted by molar-refractivity contribution is 9.10. The van der Waals surface area contributed by atoms with E-state index in [2.05, 4.69) is 31.2 Å². The number of nitrogens with one attached hydrogen (secondary N) is 1. The van der Waals surface area contributed by atoms with Gasteiger partial charge in [0.15, 0.2) is 0 Å². The van der Waals surface area contributed by atoms with Crippen LogP contribution < -0.4 is 5.32 Å². The number of hydrogen-bond donors (Lipinski definition) is 1. The maximum atomic E-state index is 12.2. The largest absolute Gasteiger partial charge is 0.326 e. The van der Waals surface area contributed by atoms with Gasteiger partial charge in [-0.3, -0.25) is 4.79 Å². The van der Waals surface area contributed by atoms with Gasteiger partial charge < -0.3 is 5.32 Å². The summed E-state index contributed by atoms with van der Waals surface area (Å²) >= 11 is 4.84. The van der Waals surface area contributed by atoms with E-state index in [0.717, 1.165) is 25.8 Å². The number of anilines is 1. The minimum atomic E-state index is -0.0580. The molecule has 24 heavy (non-hydrogen) atoms. The Hall–Kier alpha value is -2.18. The number of rotatable bonds is 5. The van der Waals surface area contributed by atoms with Gasteiger partial charge in [-0.1, -0.05) is 45.9 Å². The standard InChI is InChI=1S/C18H14BrN3OS/c19-14-6-4-13(5-7-14)11-16(23)22-15-8-10-21-18(12-15)24-17-3-1-2-9-20-17/h1-10,12H,11H2,(H,21,22,23). The molecular weight excluding hydrogens is 386 g/mol. The van der Waals surface area contributed by atoms with E-state index in [0.29, 0.717) is 6.42 Å². The molecular formula is C18H14BrN3OS. The summed E-state index contributed by atoms with van der Waals surface area (Å²) in [6.45, 7) is 0. The highest BCUT2D eigenvalue weighted by Crippen LogP contribution is 2.25. The molecule has 0 aliphatic heterocycles. The molecule has 0 bridgehead atoms. The van der Waals surface area contributed by atoms with Crippen LogP contribution in [0.3, 0.4) is 0 Å². The minimum Gasteiger partial charge on any atom is -0.326 e. The van der Waals surface area contributed by atoms with Gasteiger partial charge in [0.05, 0.1) is 6.42 Å². The molecule has 0 unspecified atom stereocenters. The van der Waals surface area contributed by atoms with Crippen molar-refractivity contribution in [1.82, 2.24) is 9.97 Å². The molecule has 1 N–H and O–H groups in total. The second-order valence-corrected chi connectivity index (χ2v) is 6.96. The summed E-state index contributed by atoms with van der Waals surface area (Å²) in [5, 5.41) is 4.56. The Morgan fingerprint density at radius 3 is 2.54 bits per heavy atom. The molecule has 0 saturated heterocycles. The van der Waals surface area contributed by atoms with E-state index < -0.39 is 0 Å². The maximum absolute atomic E-state index is 12.2. The zero-order valence-corrected chi connectivity index (χ0v) is 15.0. The van der Waals surface area contributed by atoms with Gasteiger partial charge in [-0.05, 0) is 42.0 Å². The van der Waals surface area contributed by atoms with Crippen LogP contribution >= 0.6 is 27.7 Å². The lowest BCUT2D eigenvalue weighted by atomic mass is 10.1. The third-order valence-corrected chi connectivity index (χ3v) is 4.56. The van der Waals surface area contributed by atoms with E-state index in [1.165, 1.54) is 11.8 Å². The van der Waals surface area contributed by atoms with Crippen molar-refractivity contribution in [1.29, 1.82) is 0 Å². The molecule has 0 fully saturated rings. The zero-order valence-electron chi connectivity index (χ0n) is 12.6. The number of nitrogens with zero attached hydrogens (tertiary/aromatic N) is 2. The molecule has 4 nitrogen and oxygen atoms in total. The van der Waals surface area contributed by atoms with E-state index >= 15 is 0 Å². The third-order valence-electron chi connectivity index (χ3n) is 3.14. The Balaban J connectivity index is 1.63. The number of benzene rings is 1. The SMILES string of the molecule is O=C(Cc1ccc(Br)cc1)Nc1ccnc(Sc2ccccn2)c1. The van der Waals surface area contributed by atoms with Crippen molar-refractivity contribution >= 4 is 39.3 Å². The molecule has 2 aromatic heterocycles. The summed E-state index contributed by atoms with van der Waals surface area (Å²) in [6.07, 6.45) is 3.75. The van der Waals surface area contributed by atoms with E-state index in [1.54, 1.807) is 18.5 Å². The molecule has 1 amide bonds. The van der Waals surface area contributed by atoms with Crippen LogP contribution in [-0.2, 0) is 11.2 Å². The molecule has 2 heterocycles. The third kappa shape index (κ3) is 4.91. The van der Waals surface area contributed by atoms with Crippen molar-refractivity contribution in [2.45, 2.75) is 16.5 Å². The smallest absolute Gasteiger partial charge is 0.228 e. The quantitative estimate of drug-likeness (QED) is 0.682. The van der Waals surface area contributed by atoms with Crippen LogP contribution in [0.1, 0.15) is 5.56 Å². The Labute approximate surface area is 152 Å². The fraction of sp³-hybridized carbons (Fsp3) is 0.0556. The first-order valence-corrected chi connectivity index (χ1v) is 8.89. The predicted molar refractivity (Wildman–Crippen MR) is 99.1 cm³/mol. The van der Waals surface area contributed by atoms with Gasteiger partial charge in [0, 0.05) is 22.6 Å². The minimum absolute atomic E-state index is 0.0580. The molecule has 0 spiro atoms. The Morgan fingerprint density at radius 2 is 1.79 bits per heavy atom. The first-order chi connectivity index (χ1) is 11.7. The van der Waals surface area contributed by atoms with Crippen LogP contribution in [0.15, 0.2) is 81.5 Å². The summed E-state index contributed by atoms with van der Waals surface area (Å²) in [4.78, 5) is 20.7. The van der Waals surface area contributed by atoms with Gasteiger partial charge in [0.25, 0.3) is 0 Å². The molecule has 3 rings (SSSR count). The van der Waals surface area contributed by atoms with Crippen LogP contribution in [0.2, 0.25) is 0 Å². The molecule has 6 heteroatoms. The van der Waals surface area contributed by atoms with Crippen molar-refractivity contribution in [3.63, 3.8) is 0 Å². The molecule has 0 atom stereocenters. The lowest BCUT2D eigenvalue weighted by Crippen LogP contribution is -2.14. The maximum Gasteiger partial charge on any atom is 0.228 e. The number of pyridine rings is 2. The number of halogens is 1. The van der Waals surface area contributed by atoms with Crippen LogP contribution in [0.4, 0.5) is 5.69 Å². The summed E-state index contributed by atoms with van der Waals surface area (Å²) in [7, 11) is 0. The molecule has 0 aliphatic carbocycles. The Morgan fingerprint density at radius 1 is 1.00 bits per heavy atom. The number of hydrogen-bond acceptors (Lipinski definition) is 4. The van der Waals surface area contributed by atoms with Gasteiger partial charge in [-0.15, -0.1) is 0 Å². The zero-order chi connectivity index (χ0) is 16.8. The summed E-state index contributed by atoms with van der Waals surface area (Å²) < 4.78 is 0.997. The molecule has 1 aromatic carbocycles. The van der Waals surface area contributed by atoms with Gasteiger partial charge in [0.2, 0.25) is 5.91 Å². The summed E-state index contributed by atoms with van der Waals surface area (Å²) in [5.41, 5.74) is 1.69. The molecule has 0 saturated carbocycles. The van der Waals surface area contributed by atoms with Crippen molar-refractivity contribution in [2.24, 2.45) is 0 Å². The average Bonchev–Trinajstić information content (AvgIpc) is 2.58. The van der Waals surface area contributed by atoms with E-state index in [9.17, 15) is 4.79 Å². The number of carbonyl (C=O) groups excluding carboxylic acids is 1. The summed E-state index contributed by atoms with van der Waals surface area (Å²) in [5.74, 6) is -0.0580. The second kappa shape index (κ2) is 8.08. The fourth-order valence-corrected chi connectivity index (χ4v) is 3.09. The summed E-state index contributed by atoms with van der Waals surface area (Å²) in [6, 6.07) is 17.1. The highest BCUT2D eigenvalue weighted by Gasteiger charge is 2.06. The highest BCUT2D eigenvalue weighted by atomic mass is 79.9. The Bertz CT molecular complexity index is 825. The van der Waals surface area contributed by atoms with Crippen molar-refractivity contribution in [3.05, 3.63) is 77.0 Å². The first kappa shape index (κ1) is 16.7. The van der Waals surface area contributed by atoms with Crippen LogP contribution in [-0.4, -0.2) is 15.9 Å². The van der Waals surface area contributed by atoms with E-state index in [-0.39, 0.29) is 5.91 Å². The number of carbonyl (C=O) groups is 1. The monoisotopic (exact) mass is 399 g/mol. The van der Waals surface area contributed by atoms with Crippen molar-refractivity contribution in [2.75, 3.05) is 5.32 Å². The van der Waals surface area contributed by atoms with Gasteiger partial charge in [-0.2, -0.15) is 0 Å². The second-order valence-electron chi connectivity index (χ2n) is 5.00. The fourth-order valence-electron chi connectivity index (χ4n) is 2.05. The number of aromatic nitrogens is 2. The van der Waals surface area contributed by atoms with E-state index in [1.807, 2.05) is 48.5 Å². The van der Waals surface area contributed by atoms with Gasteiger partial charge in [-0.25, -0.2) is 9.97 Å². The van der Waals surface area contributed by atoms with Crippen LogP contribution in [0.5, 0.6) is 0 Å². The molecule has 0 aliphatic rings. The average molecular weight is 400 g/mol. The molecule has 0 radical (unpaired) electrons. The van der Waals surface area contributed by atoms with E-state index in [4.69, 9.17) is 0 Å². The normalized spacial score (nSPS) is 10.4. The number of amides is 1. The van der Waals surface area contributed by atoms with Crippen molar-refractivity contribution < 1.29 is 4.79 Å². The predicted octanol–water partition coefficient (Wildman–Crippen LogP) is 4.57. The van der Waals surface area contributed by atoms with Crippen LogP contribution in [0.25, 0.3) is 0 Å². The Kier molecular flexibility index (Phi) is 5.61. The lowest BCUT2D eigenvalue weighted by Gasteiger charge is -2.07. The lowest BCUT2D eigenvalue weighted by molar-refractivity contribution is -0.115. The van der Waals surface area contributed by atoms with Gasteiger partial charge in [0.1, 0.15) is 10.1 Å².